The van der Waals surface area contributed by atoms with Gasteiger partial charge in [0.1, 0.15) is 18.1 Å². The van der Waals surface area contributed by atoms with E-state index in [9.17, 15) is 14.0 Å². The van der Waals surface area contributed by atoms with Gasteiger partial charge in [-0.05, 0) is 38.5 Å². The summed E-state index contributed by atoms with van der Waals surface area (Å²) >= 11 is 0. The first-order valence-electron chi connectivity index (χ1n) is 9.52. The third-order valence-corrected chi connectivity index (χ3v) is 4.51. The molecule has 0 saturated carbocycles. The van der Waals surface area contributed by atoms with Gasteiger partial charge in [0.25, 0.3) is 5.91 Å². The number of ether oxygens (including phenoxy) is 1. The van der Waals surface area contributed by atoms with Crippen molar-refractivity contribution in [1.29, 1.82) is 0 Å². The number of nitrogens with one attached hydrogen (secondary N) is 1. The first kappa shape index (κ1) is 20.7. The first-order valence-corrected chi connectivity index (χ1v) is 9.52. The summed E-state index contributed by atoms with van der Waals surface area (Å²) < 4.78 is 19.1. The number of fused-ring (bicyclic) bond motifs is 1. The molecule has 3 rings (SSSR count). The van der Waals surface area contributed by atoms with Crippen molar-refractivity contribution < 1.29 is 18.7 Å². The molecule has 2 aromatic heterocycles. The topological polar surface area (TPSA) is 84.4 Å². The summed E-state index contributed by atoms with van der Waals surface area (Å²) in [7, 11) is 0. The highest BCUT2D eigenvalue weighted by molar-refractivity contribution is 6.01. The van der Waals surface area contributed by atoms with Gasteiger partial charge in [0.05, 0.1) is 6.54 Å². The Morgan fingerprint density at radius 3 is 2.79 bits per heavy atom. The molecule has 1 N–H and O–H groups in total. The molecular weight excluding hydrogens is 375 g/mol. The minimum Gasteiger partial charge on any atom is -0.474 e. The van der Waals surface area contributed by atoms with E-state index >= 15 is 0 Å². The summed E-state index contributed by atoms with van der Waals surface area (Å²) in [6.07, 6.45) is 3.49. The van der Waals surface area contributed by atoms with Crippen LogP contribution in [0.4, 0.5) is 10.2 Å². The smallest absolute Gasteiger partial charge is 0.255 e. The normalized spacial score (nSPS) is 13.4. The molecule has 0 unspecified atom stereocenters. The third-order valence-electron chi connectivity index (χ3n) is 4.51. The lowest BCUT2D eigenvalue weighted by atomic mass is 10.1. The van der Waals surface area contributed by atoms with E-state index in [-0.39, 0.29) is 18.4 Å². The van der Waals surface area contributed by atoms with Gasteiger partial charge < -0.3 is 15.0 Å². The molecule has 154 valence electrons. The number of aryl methyl sites for hydroxylation is 1. The highest BCUT2D eigenvalue weighted by Crippen LogP contribution is 2.29. The summed E-state index contributed by atoms with van der Waals surface area (Å²) in [6.45, 7) is 7.11. The first-order chi connectivity index (χ1) is 13.7. The van der Waals surface area contributed by atoms with Gasteiger partial charge in [0.2, 0.25) is 11.8 Å². The van der Waals surface area contributed by atoms with E-state index in [4.69, 9.17) is 4.74 Å². The van der Waals surface area contributed by atoms with Crippen LogP contribution >= 0.6 is 0 Å². The van der Waals surface area contributed by atoms with Gasteiger partial charge in [-0.25, -0.2) is 14.4 Å². The van der Waals surface area contributed by atoms with Crippen molar-refractivity contribution in [1.82, 2.24) is 14.9 Å². The average Bonchev–Trinajstić information content (AvgIpc) is 2.97. The molecule has 0 atom stereocenters. The van der Waals surface area contributed by atoms with Crippen molar-refractivity contribution in [2.24, 2.45) is 0 Å². The maximum atomic E-state index is 13.6. The number of hydrogen-bond acceptors (Lipinski definition) is 5. The summed E-state index contributed by atoms with van der Waals surface area (Å²) in [4.78, 5) is 34.7. The highest BCUT2D eigenvalue weighted by atomic mass is 19.1. The van der Waals surface area contributed by atoms with E-state index in [1.807, 2.05) is 13.0 Å². The molecule has 0 radical (unpaired) electrons. The predicted molar refractivity (Wildman–Crippen MR) is 106 cm³/mol. The Balaban J connectivity index is 1.73. The van der Waals surface area contributed by atoms with Crippen molar-refractivity contribution in [3.63, 3.8) is 0 Å². The van der Waals surface area contributed by atoms with Gasteiger partial charge in [-0.2, -0.15) is 0 Å². The van der Waals surface area contributed by atoms with E-state index in [1.165, 1.54) is 20.0 Å². The average molecular weight is 400 g/mol. The van der Waals surface area contributed by atoms with E-state index < -0.39 is 5.67 Å². The number of carbonyl (C=O) groups excluding carboxylic acids is 2. The zero-order valence-corrected chi connectivity index (χ0v) is 17.1. The van der Waals surface area contributed by atoms with Crippen LogP contribution in [0.1, 0.15) is 54.2 Å². The molecule has 0 fully saturated rings. The molecule has 0 aromatic carbocycles. The Bertz CT molecular complexity index is 940. The van der Waals surface area contributed by atoms with Crippen LogP contribution < -0.4 is 10.1 Å². The van der Waals surface area contributed by atoms with Crippen molar-refractivity contribution >= 4 is 17.6 Å². The number of halogens is 1. The van der Waals surface area contributed by atoms with Gasteiger partial charge in [-0.1, -0.05) is 6.92 Å². The second-order valence-electron chi connectivity index (χ2n) is 7.72. The lowest BCUT2D eigenvalue weighted by molar-refractivity contribution is -0.115. The lowest BCUT2D eigenvalue weighted by Crippen LogP contribution is -2.24. The van der Waals surface area contributed by atoms with Crippen molar-refractivity contribution in [3.8, 4) is 5.88 Å². The maximum absolute atomic E-state index is 13.6. The van der Waals surface area contributed by atoms with Crippen LogP contribution in [0.3, 0.4) is 0 Å². The molecule has 8 heteroatoms. The van der Waals surface area contributed by atoms with Crippen LogP contribution in [0.25, 0.3) is 0 Å². The predicted octanol–water partition coefficient (Wildman–Crippen LogP) is 3.42. The molecule has 3 heterocycles. The fourth-order valence-corrected chi connectivity index (χ4v) is 3.06. The quantitative estimate of drug-likeness (QED) is 0.770. The fourth-order valence-electron chi connectivity index (χ4n) is 3.06. The van der Waals surface area contributed by atoms with Crippen LogP contribution in [0, 0.1) is 6.92 Å². The molecular formula is C21H25FN4O3. The standard InChI is InChI=1S/C21H25FN4O3/c1-5-17(27)25-18-16-11-26(20(28)15(16)6-7-23-18)10-14-8-13(2)19(24-9-14)29-12-21(3,4)22/h6-9H,5,10-12H2,1-4H3,(H,23,25,27). The maximum Gasteiger partial charge on any atom is 0.255 e. The number of aromatic nitrogens is 2. The molecule has 2 aromatic rings. The van der Waals surface area contributed by atoms with E-state index in [0.29, 0.717) is 42.3 Å². The Hall–Kier alpha value is -3.03. The van der Waals surface area contributed by atoms with Gasteiger partial charge in [0, 0.05) is 42.0 Å². The summed E-state index contributed by atoms with van der Waals surface area (Å²) in [5, 5.41) is 2.75. The minimum atomic E-state index is -1.44. The van der Waals surface area contributed by atoms with Gasteiger partial charge in [-0.15, -0.1) is 0 Å². The van der Waals surface area contributed by atoms with Gasteiger partial charge in [0.15, 0.2) is 0 Å². The Morgan fingerprint density at radius 2 is 2.14 bits per heavy atom. The molecule has 1 aliphatic rings. The molecule has 0 aliphatic carbocycles. The Labute approximate surface area is 169 Å². The fraction of sp³-hybridized carbons (Fsp3) is 0.429. The second-order valence-corrected chi connectivity index (χ2v) is 7.72. The highest BCUT2D eigenvalue weighted by Gasteiger charge is 2.30. The van der Waals surface area contributed by atoms with Crippen LogP contribution in [-0.4, -0.2) is 39.0 Å². The van der Waals surface area contributed by atoms with Crippen molar-refractivity contribution in [2.75, 3.05) is 11.9 Å². The van der Waals surface area contributed by atoms with Crippen LogP contribution in [-0.2, 0) is 17.9 Å². The van der Waals surface area contributed by atoms with E-state index in [1.54, 1.807) is 24.1 Å². The van der Waals surface area contributed by atoms with E-state index in [2.05, 4.69) is 15.3 Å². The van der Waals surface area contributed by atoms with Crippen LogP contribution in [0.5, 0.6) is 5.88 Å². The summed E-state index contributed by atoms with van der Waals surface area (Å²) in [5.41, 5.74) is 1.42. The number of hydrogen-bond donors (Lipinski definition) is 1. The second kappa shape index (κ2) is 8.14. The van der Waals surface area contributed by atoms with E-state index in [0.717, 1.165) is 11.1 Å². The number of pyridine rings is 2. The van der Waals surface area contributed by atoms with Crippen molar-refractivity contribution in [2.45, 2.75) is 52.9 Å². The number of anilines is 1. The zero-order chi connectivity index (χ0) is 21.2. The minimum absolute atomic E-state index is 0.0840. The number of amides is 2. The molecule has 29 heavy (non-hydrogen) atoms. The molecule has 0 spiro atoms. The summed E-state index contributed by atoms with van der Waals surface area (Å²) in [5.74, 6) is 0.539. The Kier molecular flexibility index (Phi) is 5.81. The number of rotatable bonds is 7. The molecule has 0 saturated heterocycles. The Morgan fingerprint density at radius 1 is 1.38 bits per heavy atom. The largest absolute Gasteiger partial charge is 0.474 e. The zero-order valence-electron chi connectivity index (χ0n) is 17.1. The number of nitrogens with zero attached hydrogens (tertiary/aromatic N) is 3. The monoisotopic (exact) mass is 400 g/mol. The summed E-state index contributed by atoms with van der Waals surface area (Å²) in [6, 6.07) is 3.54. The van der Waals surface area contributed by atoms with Gasteiger partial charge in [-0.3, -0.25) is 9.59 Å². The van der Waals surface area contributed by atoms with Gasteiger partial charge >= 0.3 is 0 Å². The van der Waals surface area contributed by atoms with Crippen LogP contribution in [0.15, 0.2) is 24.5 Å². The number of alkyl halides is 1. The SMILES string of the molecule is CCC(=O)Nc1nccc2c1CN(Cc1cnc(OCC(C)(C)F)c(C)c1)C2=O. The molecule has 1 aliphatic heterocycles. The van der Waals surface area contributed by atoms with Crippen molar-refractivity contribution in [3.05, 3.63) is 46.8 Å². The molecule has 0 bridgehead atoms. The lowest BCUT2D eigenvalue weighted by Gasteiger charge is -2.18. The third kappa shape index (κ3) is 4.88. The van der Waals surface area contributed by atoms with Crippen LogP contribution in [0.2, 0.25) is 0 Å². The number of carbonyl (C=O) groups is 2. The molecule has 2 amide bonds. The molecule has 7 nitrogen and oxygen atoms in total.